The third kappa shape index (κ3) is 7.14. The Hall–Kier alpha value is -0.810. The van der Waals surface area contributed by atoms with Gasteiger partial charge in [-0.05, 0) is 25.8 Å². The molecular weight excluding hydrogens is 262 g/mol. The van der Waals surface area contributed by atoms with E-state index in [1.54, 1.807) is 0 Å². The van der Waals surface area contributed by atoms with Gasteiger partial charge in [-0.25, -0.2) is 0 Å². The van der Waals surface area contributed by atoms with Crippen LogP contribution in [0.15, 0.2) is 4.99 Å². The molecular formula is C16H35N5. The summed E-state index contributed by atoms with van der Waals surface area (Å²) in [6, 6.07) is 0.466. The summed E-state index contributed by atoms with van der Waals surface area (Å²) in [7, 11) is 1.84. The molecule has 21 heavy (non-hydrogen) atoms. The largest absolute Gasteiger partial charge is 0.356 e. The number of nitrogens with one attached hydrogen (secondary N) is 2. The number of nitrogens with zero attached hydrogens (tertiary/aromatic N) is 3. The number of hydrogen-bond acceptors (Lipinski definition) is 3. The van der Waals surface area contributed by atoms with Crippen molar-refractivity contribution in [3.05, 3.63) is 0 Å². The lowest BCUT2D eigenvalue weighted by molar-refractivity contribution is 0.124. The molecule has 2 atom stereocenters. The second-order valence-corrected chi connectivity index (χ2v) is 6.25. The molecule has 1 saturated heterocycles. The summed E-state index contributed by atoms with van der Waals surface area (Å²) in [6.07, 6.45) is 1.11. The van der Waals surface area contributed by atoms with Crippen LogP contribution in [0.4, 0.5) is 0 Å². The van der Waals surface area contributed by atoms with Crippen molar-refractivity contribution in [3.63, 3.8) is 0 Å². The molecule has 0 spiro atoms. The average molecular weight is 297 g/mol. The third-order valence-electron chi connectivity index (χ3n) is 4.32. The Balaban J connectivity index is 2.22. The van der Waals surface area contributed by atoms with Crippen molar-refractivity contribution in [2.75, 3.05) is 52.9 Å². The fraction of sp³-hybridized carbons (Fsp3) is 0.938. The van der Waals surface area contributed by atoms with Crippen LogP contribution in [-0.2, 0) is 0 Å². The molecule has 0 radical (unpaired) electrons. The molecule has 1 aliphatic heterocycles. The first-order valence-electron chi connectivity index (χ1n) is 8.50. The maximum atomic E-state index is 4.29. The highest BCUT2D eigenvalue weighted by Crippen LogP contribution is 2.05. The van der Waals surface area contributed by atoms with Crippen LogP contribution in [0, 0.1) is 5.92 Å². The molecule has 1 aliphatic rings. The second kappa shape index (κ2) is 10.0. The van der Waals surface area contributed by atoms with Crippen LogP contribution in [0.25, 0.3) is 0 Å². The Labute approximate surface area is 131 Å². The van der Waals surface area contributed by atoms with Gasteiger partial charge in [-0.2, -0.15) is 0 Å². The minimum atomic E-state index is 0.466. The van der Waals surface area contributed by atoms with Gasteiger partial charge in [-0.3, -0.25) is 4.99 Å². The third-order valence-corrected chi connectivity index (χ3v) is 4.32. The topological polar surface area (TPSA) is 42.9 Å². The molecule has 0 bridgehead atoms. The highest BCUT2D eigenvalue weighted by atomic mass is 15.3. The Morgan fingerprint density at radius 1 is 1.10 bits per heavy atom. The van der Waals surface area contributed by atoms with Gasteiger partial charge in [0.05, 0.1) is 0 Å². The molecule has 2 N–H and O–H groups in total. The van der Waals surface area contributed by atoms with Crippen LogP contribution in [-0.4, -0.2) is 74.7 Å². The van der Waals surface area contributed by atoms with E-state index in [1.807, 2.05) is 7.05 Å². The normalized spacial score (nSPS) is 21.1. The van der Waals surface area contributed by atoms with Gasteiger partial charge in [-0.1, -0.05) is 20.8 Å². The summed E-state index contributed by atoms with van der Waals surface area (Å²) in [5.41, 5.74) is 0. The summed E-state index contributed by atoms with van der Waals surface area (Å²) in [5, 5.41) is 6.85. The molecule has 1 rings (SSSR count). The first kappa shape index (κ1) is 18.2. The second-order valence-electron chi connectivity index (χ2n) is 6.25. The van der Waals surface area contributed by atoms with Crippen molar-refractivity contribution in [1.29, 1.82) is 0 Å². The zero-order valence-corrected chi connectivity index (χ0v) is 14.7. The first-order chi connectivity index (χ1) is 10.1. The van der Waals surface area contributed by atoms with Crippen LogP contribution >= 0.6 is 0 Å². The fourth-order valence-corrected chi connectivity index (χ4v) is 2.59. The van der Waals surface area contributed by atoms with Gasteiger partial charge in [0.15, 0.2) is 5.96 Å². The Bertz CT molecular complexity index is 297. The maximum absolute atomic E-state index is 4.29. The summed E-state index contributed by atoms with van der Waals surface area (Å²) in [5.74, 6) is 1.56. The Morgan fingerprint density at radius 2 is 1.71 bits per heavy atom. The molecule has 0 aromatic heterocycles. The van der Waals surface area contributed by atoms with Crippen molar-refractivity contribution in [3.8, 4) is 0 Å². The quantitative estimate of drug-likeness (QED) is 0.548. The predicted octanol–water partition coefficient (Wildman–Crippen LogP) is 1.22. The highest BCUT2D eigenvalue weighted by molar-refractivity contribution is 5.79. The van der Waals surface area contributed by atoms with Crippen molar-refractivity contribution in [2.45, 2.75) is 40.2 Å². The van der Waals surface area contributed by atoms with E-state index in [9.17, 15) is 0 Å². The zero-order chi connectivity index (χ0) is 15.7. The zero-order valence-electron chi connectivity index (χ0n) is 14.7. The molecule has 5 heteroatoms. The van der Waals surface area contributed by atoms with Crippen LogP contribution < -0.4 is 10.6 Å². The molecule has 0 amide bonds. The van der Waals surface area contributed by atoms with E-state index in [1.165, 1.54) is 39.3 Å². The van der Waals surface area contributed by atoms with Gasteiger partial charge in [0.2, 0.25) is 0 Å². The molecule has 0 aromatic carbocycles. The highest BCUT2D eigenvalue weighted by Gasteiger charge is 2.17. The molecule has 5 nitrogen and oxygen atoms in total. The SMILES string of the molecule is CCC(C)NC(=NC)NCC(C)CN1CCN(CC)CC1. The molecule has 1 fully saturated rings. The van der Waals surface area contributed by atoms with E-state index in [0.717, 1.165) is 18.9 Å². The van der Waals surface area contributed by atoms with E-state index in [0.29, 0.717) is 12.0 Å². The maximum Gasteiger partial charge on any atom is 0.191 e. The summed E-state index contributed by atoms with van der Waals surface area (Å²) in [6.45, 7) is 17.1. The number of rotatable bonds is 7. The Morgan fingerprint density at radius 3 is 2.24 bits per heavy atom. The van der Waals surface area contributed by atoms with E-state index < -0.39 is 0 Å². The number of likely N-dealkylation sites (N-methyl/N-ethyl adjacent to an activating group) is 1. The molecule has 2 unspecified atom stereocenters. The monoisotopic (exact) mass is 297 g/mol. The number of aliphatic imine (C=N–C) groups is 1. The molecule has 124 valence electrons. The van der Waals surface area contributed by atoms with Gasteiger partial charge in [0.25, 0.3) is 0 Å². The molecule has 1 heterocycles. The minimum absolute atomic E-state index is 0.466. The van der Waals surface area contributed by atoms with Gasteiger partial charge in [0, 0.05) is 52.4 Å². The molecule has 0 aromatic rings. The van der Waals surface area contributed by atoms with E-state index in [4.69, 9.17) is 0 Å². The standard InChI is InChI=1S/C16H35N5/c1-6-15(4)19-16(17-5)18-12-14(3)13-21-10-8-20(7-2)9-11-21/h14-15H,6-13H2,1-5H3,(H2,17,18,19). The van der Waals surface area contributed by atoms with Crippen LogP contribution in [0.2, 0.25) is 0 Å². The smallest absolute Gasteiger partial charge is 0.191 e. The lowest BCUT2D eigenvalue weighted by atomic mass is 10.1. The summed E-state index contributed by atoms with van der Waals surface area (Å²) >= 11 is 0. The van der Waals surface area contributed by atoms with Crippen molar-refractivity contribution in [1.82, 2.24) is 20.4 Å². The van der Waals surface area contributed by atoms with Gasteiger partial charge in [-0.15, -0.1) is 0 Å². The number of guanidine groups is 1. The predicted molar refractivity (Wildman–Crippen MR) is 92.0 cm³/mol. The van der Waals surface area contributed by atoms with Crippen LogP contribution in [0.5, 0.6) is 0 Å². The van der Waals surface area contributed by atoms with Gasteiger partial charge >= 0.3 is 0 Å². The Kier molecular flexibility index (Phi) is 8.69. The fourth-order valence-electron chi connectivity index (χ4n) is 2.59. The van der Waals surface area contributed by atoms with Crippen LogP contribution in [0.3, 0.4) is 0 Å². The lowest BCUT2D eigenvalue weighted by Crippen LogP contribution is -2.49. The lowest BCUT2D eigenvalue weighted by Gasteiger charge is -2.35. The number of hydrogen-bond donors (Lipinski definition) is 2. The summed E-state index contributed by atoms with van der Waals surface area (Å²) in [4.78, 5) is 9.40. The van der Waals surface area contributed by atoms with E-state index in [-0.39, 0.29) is 0 Å². The molecule has 0 saturated carbocycles. The van der Waals surface area contributed by atoms with Crippen molar-refractivity contribution >= 4 is 5.96 Å². The number of piperazine rings is 1. The van der Waals surface area contributed by atoms with Gasteiger partial charge in [0.1, 0.15) is 0 Å². The first-order valence-corrected chi connectivity index (χ1v) is 8.50. The average Bonchev–Trinajstić information content (AvgIpc) is 2.51. The molecule has 0 aliphatic carbocycles. The van der Waals surface area contributed by atoms with Crippen molar-refractivity contribution < 1.29 is 0 Å². The minimum Gasteiger partial charge on any atom is -0.356 e. The van der Waals surface area contributed by atoms with E-state index >= 15 is 0 Å². The van der Waals surface area contributed by atoms with Gasteiger partial charge < -0.3 is 20.4 Å². The van der Waals surface area contributed by atoms with E-state index in [2.05, 4.69) is 53.1 Å². The summed E-state index contributed by atoms with van der Waals surface area (Å²) < 4.78 is 0. The van der Waals surface area contributed by atoms with Crippen molar-refractivity contribution in [2.24, 2.45) is 10.9 Å². The van der Waals surface area contributed by atoms with Crippen LogP contribution in [0.1, 0.15) is 34.1 Å².